The molecule has 0 spiro atoms. The Morgan fingerprint density at radius 2 is 2.00 bits per heavy atom. The van der Waals surface area contributed by atoms with E-state index in [1.165, 1.54) is 7.11 Å². The summed E-state index contributed by atoms with van der Waals surface area (Å²) in [6.07, 6.45) is 0. The van der Waals surface area contributed by atoms with Crippen molar-refractivity contribution in [3.8, 4) is 11.3 Å². The van der Waals surface area contributed by atoms with Crippen LogP contribution in [-0.4, -0.2) is 23.0 Å². The van der Waals surface area contributed by atoms with Crippen LogP contribution in [0.2, 0.25) is 0 Å². The van der Waals surface area contributed by atoms with Gasteiger partial charge in [0.2, 0.25) is 0 Å². The molecule has 2 rings (SSSR count). The van der Waals surface area contributed by atoms with Gasteiger partial charge in [0.1, 0.15) is 4.64 Å². The summed E-state index contributed by atoms with van der Waals surface area (Å²) in [4.78, 5) is 18.7. The van der Waals surface area contributed by atoms with Crippen LogP contribution in [-0.2, 0) is 4.74 Å². The number of carbonyl (C=O) groups is 1. The third-order valence-corrected chi connectivity index (χ3v) is 3.24. The minimum Gasteiger partial charge on any atom is -0.465 e. The number of hydrogen-bond donors (Lipinski definition) is 2. The van der Waals surface area contributed by atoms with Crippen molar-refractivity contribution < 1.29 is 9.53 Å². The predicted molar refractivity (Wildman–Crippen MR) is 80.1 cm³/mol. The lowest BCUT2D eigenvalue weighted by molar-refractivity contribution is 0.0600. The van der Waals surface area contributed by atoms with Crippen LogP contribution in [0.5, 0.6) is 0 Å². The van der Waals surface area contributed by atoms with Gasteiger partial charge in [0, 0.05) is 5.56 Å². The highest BCUT2D eigenvalue weighted by Gasteiger charge is 2.13. The zero-order valence-electron chi connectivity index (χ0n) is 11.5. The lowest BCUT2D eigenvalue weighted by Crippen LogP contribution is -2.05. The third kappa shape index (κ3) is 2.70. The van der Waals surface area contributed by atoms with E-state index in [0.717, 1.165) is 22.4 Å². The van der Waals surface area contributed by atoms with E-state index in [0.29, 0.717) is 10.2 Å². The third-order valence-electron chi connectivity index (χ3n) is 3.03. The second-order valence-electron chi connectivity index (χ2n) is 4.49. The van der Waals surface area contributed by atoms with Gasteiger partial charge in [0.15, 0.2) is 5.95 Å². The quantitative estimate of drug-likeness (QED) is 0.656. The molecule has 3 N–H and O–H groups in total. The Hall–Kier alpha value is -2.21. The second-order valence-corrected chi connectivity index (χ2v) is 4.91. The number of carbonyl (C=O) groups excluding carboxylic acids is 1. The molecular formula is C14H15N3O2S. The van der Waals surface area contributed by atoms with Gasteiger partial charge in [-0.2, -0.15) is 0 Å². The zero-order chi connectivity index (χ0) is 14.9. The standard InChI is InChI=1S/C14H15N3O2S/c1-7-4-8(2)10(13(18)19-3)5-9(7)11-6-12(20)17-14(15)16-11/h4-6H,1-3H3,(H3,15,16,17,20). The van der Waals surface area contributed by atoms with Crippen molar-refractivity contribution in [2.45, 2.75) is 13.8 Å². The highest BCUT2D eigenvalue weighted by atomic mass is 32.1. The Balaban J connectivity index is 2.67. The second kappa shape index (κ2) is 5.42. The van der Waals surface area contributed by atoms with E-state index in [9.17, 15) is 4.79 Å². The Kier molecular flexibility index (Phi) is 3.85. The summed E-state index contributed by atoms with van der Waals surface area (Å²) in [7, 11) is 1.36. The lowest BCUT2D eigenvalue weighted by atomic mass is 9.98. The van der Waals surface area contributed by atoms with Crippen LogP contribution < -0.4 is 5.73 Å². The molecule has 1 aromatic carbocycles. The summed E-state index contributed by atoms with van der Waals surface area (Å²) in [5, 5.41) is 0. The topological polar surface area (TPSA) is 81.0 Å². The average molecular weight is 289 g/mol. The molecule has 104 valence electrons. The lowest BCUT2D eigenvalue weighted by Gasteiger charge is -2.11. The predicted octanol–water partition coefficient (Wildman–Crippen LogP) is 2.79. The van der Waals surface area contributed by atoms with Crippen LogP contribution in [0.25, 0.3) is 11.3 Å². The van der Waals surface area contributed by atoms with Crippen molar-refractivity contribution >= 4 is 24.1 Å². The Labute approximate surface area is 121 Å². The number of benzene rings is 1. The van der Waals surface area contributed by atoms with Crippen molar-refractivity contribution in [2.75, 3.05) is 12.8 Å². The molecule has 0 saturated heterocycles. The summed E-state index contributed by atoms with van der Waals surface area (Å²) in [5.41, 5.74) is 9.63. The number of methoxy groups -OCH3 is 1. The minimum absolute atomic E-state index is 0.243. The highest BCUT2D eigenvalue weighted by molar-refractivity contribution is 7.71. The van der Waals surface area contributed by atoms with Gasteiger partial charge in [0.25, 0.3) is 0 Å². The summed E-state index contributed by atoms with van der Waals surface area (Å²) in [5.74, 6) is -0.128. The Morgan fingerprint density at radius 1 is 1.30 bits per heavy atom. The number of hydrogen-bond acceptors (Lipinski definition) is 5. The van der Waals surface area contributed by atoms with E-state index in [-0.39, 0.29) is 11.9 Å². The fourth-order valence-corrected chi connectivity index (χ4v) is 2.31. The van der Waals surface area contributed by atoms with Gasteiger partial charge in [-0.25, -0.2) is 9.78 Å². The van der Waals surface area contributed by atoms with Crippen molar-refractivity contribution in [3.63, 3.8) is 0 Å². The van der Waals surface area contributed by atoms with Crippen LogP contribution in [0.4, 0.5) is 5.95 Å². The number of anilines is 1. The summed E-state index contributed by atoms with van der Waals surface area (Å²) in [6.45, 7) is 3.82. The van der Waals surface area contributed by atoms with Gasteiger partial charge in [-0.15, -0.1) is 0 Å². The van der Waals surface area contributed by atoms with Gasteiger partial charge in [-0.05, 0) is 37.1 Å². The van der Waals surface area contributed by atoms with Gasteiger partial charge < -0.3 is 15.5 Å². The normalized spacial score (nSPS) is 10.3. The average Bonchev–Trinajstić information content (AvgIpc) is 2.36. The van der Waals surface area contributed by atoms with E-state index in [1.54, 1.807) is 12.1 Å². The summed E-state index contributed by atoms with van der Waals surface area (Å²) >= 11 is 5.06. The molecule has 0 bridgehead atoms. The summed E-state index contributed by atoms with van der Waals surface area (Å²) < 4.78 is 5.19. The highest BCUT2D eigenvalue weighted by Crippen LogP contribution is 2.26. The maximum atomic E-state index is 11.8. The van der Waals surface area contributed by atoms with Gasteiger partial charge in [0.05, 0.1) is 18.4 Å². The first kappa shape index (κ1) is 14.2. The number of H-pyrrole nitrogens is 1. The first-order valence-corrected chi connectivity index (χ1v) is 6.40. The largest absolute Gasteiger partial charge is 0.465 e. The number of aryl methyl sites for hydroxylation is 2. The van der Waals surface area contributed by atoms with Crippen molar-refractivity contribution in [1.82, 2.24) is 9.97 Å². The van der Waals surface area contributed by atoms with Crippen LogP contribution >= 0.6 is 12.2 Å². The minimum atomic E-state index is -0.371. The molecule has 0 saturated carbocycles. The fraction of sp³-hybridized carbons (Fsp3) is 0.214. The van der Waals surface area contributed by atoms with E-state index >= 15 is 0 Å². The van der Waals surface area contributed by atoms with E-state index < -0.39 is 0 Å². The number of aromatic amines is 1. The maximum Gasteiger partial charge on any atom is 0.338 e. The van der Waals surface area contributed by atoms with Gasteiger partial charge in [-0.1, -0.05) is 18.3 Å². The molecule has 20 heavy (non-hydrogen) atoms. The van der Waals surface area contributed by atoms with E-state index in [2.05, 4.69) is 9.97 Å². The number of nitrogen functional groups attached to an aromatic ring is 1. The molecule has 0 amide bonds. The number of nitrogens with zero attached hydrogens (tertiary/aromatic N) is 1. The molecule has 0 atom stereocenters. The summed E-state index contributed by atoms with van der Waals surface area (Å²) in [6, 6.07) is 5.41. The molecule has 0 aliphatic carbocycles. The Morgan fingerprint density at radius 3 is 2.60 bits per heavy atom. The molecule has 0 aliphatic rings. The number of ether oxygens (including phenoxy) is 1. The van der Waals surface area contributed by atoms with Crippen molar-refractivity contribution in [1.29, 1.82) is 0 Å². The molecular weight excluding hydrogens is 274 g/mol. The van der Waals surface area contributed by atoms with Crippen LogP contribution in [0.1, 0.15) is 21.5 Å². The zero-order valence-corrected chi connectivity index (χ0v) is 12.3. The monoisotopic (exact) mass is 289 g/mol. The van der Waals surface area contributed by atoms with Crippen LogP contribution in [0.3, 0.4) is 0 Å². The Bertz CT molecular complexity index is 738. The van der Waals surface area contributed by atoms with Crippen molar-refractivity contribution in [3.05, 3.63) is 39.5 Å². The molecule has 6 heteroatoms. The first-order chi connectivity index (χ1) is 9.42. The SMILES string of the molecule is COC(=O)c1cc(-c2cc(=S)nc(N)[nH]2)c(C)cc1C. The number of rotatable bonds is 2. The molecule has 1 aromatic heterocycles. The van der Waals surface area contributed by atoms with Crippen LogP contribution in [0, 0.1) is 18.5 Å². The molecule has 0 unspecified atom stereocenters. The fourth-order valence-electron chi connectivity index (χ4n) is 2.09. The van der Waals surface area contributed by atoms with E-state index in [4.69, 9.17) is 22.7 Å². The first-order valence-electron chi connectivity index (χ1n) is 5.99. The molecule has 0 radical (unpaired) electrons. The number of aromatic nitrogens is 2. The van der Waals surface area contributed by atoms with Crippen molar-refractivity contribution in [2.24, 2.45) is 0 Å². The van der Waals surface area contributed by atoms with Crippen LogP contribution in [0.15, 0.2) is 18.2 Å². The smallest absolute Gasteiger partial charge is 0.338 e. The number of nitrogens with one attached hydrogen (secondary N) is 1. The maximum absolute atomic E-state index is 11.8. The molecule has 2 aromatic rings. The molecule has 5 nitrogen and oxygen atoms in total. The van der Waals surface area contributed by atoms with Gasteiger partial charge >= 0.3 is 5.97 Å². The van der Waals surface area contributed by atoms with E-state index in [1.807, 2.05) is 19.9 Å². The van der Waals surface area contributed by atoms with Gasteiger partial charge in [-0.3, -0.25) is 0 Å². The number of nitrogens with two attached hydrogens (primary N) is 1. The number of esters is 1. The molecule has 0 fully saturated rings. The molecule has 0 aliphatic heterocycles. The molecule has 1 heterocycles.